The highest BCUT2D eigenvalue weighted by Gasteiger charge is 2.19. The molecular weight excluding hydrogens is 403 g/mol. The summed E-state index contributed by atoms with van der Waals surface area (Å²) in [6, 6.07) is 11.4. The number of aromatic nitrogens is 3. The summed E-state index contributed by atoms with van der Waals surface area (Å²) >= 11 is 7.80. The van der Waals surface area contributed by atoms with Gasteiger partial charge >= 0.3 is 0 Å². The van der Waals surface area contributed by atoms with Crippen LogP contribution in [0.4, 0.5) is 0 Å². The Hall–Kier alpha value is -1.85. The number of nitrogens with zero attached hydrogens (tertiary/aromatic N) is 3. The molecule has 2 heterocycles. The molecule has 0 amide bonds. The quantitative estimate of drug-likeness (QED) is 0.521. The molecular formula is C14H8ClIN4O. The van der Waals surface area contributed by atoms with Crippen LogP contribution >= 0.6 is 34.2 Å². The molecule has 0 unspecified atom stereocenters. The van der Waals surface area contributed by atoms with Gasteiger partial charge in [0.25, 0.3) is 5.56 Å². The fourth-order valence-corrected chi connectivity index (χ4v) is 3.13. The number of nitriles is 1. The number of fused-ring (bicyclic) bond motifs is 1. The highest BCUT2D eigenvalue weighted by atomic mass is 127. The molecule has 3 rings (SSSR count). The first-order valence-corrected chi connectivity index (χ1v) is 7.63. The SMILES string of the molecule is N#Cc1nn2c(=O)c(I)c(CCl)[nH]c2c1-c1ccccc1. The molecule has 0 bridgehead atoms. The summed E-state index contributed by atoms with van der Waals surface area (Å²) in [6.07, 6.45) is 0. The van der Waals surface area contributed by atoms with Gasteiger partial charge in [-0.15, -0.1) is 11.6 Å². The summed E-state index contributed by atoms with van der Waals surface area (Å²) in [4.78, 5) is 15.4. The first kappa shape index (κ1) is 14.1. The van der Waals surface area contributed by atoms with E-state index >= 15 is 0 Å². The molecule has 0 spiro atoms. The molecule has 5 nitrogen and oxygen atoms in total. The van der Waals surface area contributed by atoms with E-state index in [-0.39, 0.29) is 17.1 Å². The summed E-state index contributed by atoms with van der Waals surface area (Å²) in [5, 5.41) is 13.4. The van der Waals surface area contributed by atoms with E-state index in [4.69, 9.17) is 11.6 Å². The smallest absolute Gasteiger partial charge is 0.288 e. The van der Waals surface area contributed by atoms with E-state index in [0.29, 0.717) is 20.5 Å². The molecule has 1 aromatic carbocycles. The molecule has 0 aliphatic carbocycles. The summed E-state index contributed by atoms with van der Waals surface area (Å²) in [7, 11) is 0. The van der Waals surface area contributed by atoms with Gasteiger partial charge in [0.2, 0.25) is 0 Å². The maximum atomic E-state index is 12.3. The van der Waals surface area contributed by atoms with Crippen molar-refractivity contribution in [2.45, 2.75) is 5.88 Å². The van der Waals surface area contributed by atoms with E-state index in [2.05, 4.69) is 10.1 Å². The topological polar surface area (TPSA) is 74.0 Å². The van der Waals surface area contributed by atoms with Crippen molar-refractivity contribution in [2.24, 2.45) is 0 Å². The number of nitrogens with one attached hydrogen (secondary N) is 1. The van der Waals surface area contributed by atoms with Crippen molar-refractivity contribution in [3.8, 4) is 17.2 Å². The van der Waals surface area contributed by atoms with Gasteiger partial charge < -0.3 is 4.98 Å². The van der Waals surface area contributed by atoms with E-state index in [0.717, 1.165) is 5.56 Å². The van der Waals surface area contributed by atoms with Gasteiger partial charge in [0.15, 0.2) is 5.69 Å². The van der Waals surface area contributed by atoms with Crippen LogP contribution in [0, 0.1) is 14.9 Å². The van der Waals surface area contributed by atoms with Gasteiger partial charge in [-0.25, -0.2) is 0 Å². The molecule has 0 aliphatic heterocycles. The maximum Gasteiger partial charge on any atom is 0.288 e. The lowest BCUT2D eigenvalue weighted by Gasteiger charge is -2.04. The lowest BCUT2D eigenvalue weighted by Crippen LogP contribution is -2.20. The van der Waals surface area contributed by atoms with Crippen molar-refractivity contribution in [1.29, 1.82) is 5.26 Å². The second-order valence-electron chi connectivity index (χ2n) is 4.32. The van der Waals surface area contributed by atoms with Gasteiger partial charge in [-0.05, 0) is 28.2 Å². The number of hydrogen-bond donors (Lipinski definition) is 1. The summed E-state index contributed by atoms with van der Waals surface area (Å²) in [6.45, 7) is 0. The number of H-pyrrole nitrogens is 1. The fraction of sp³-hybridized carbons (Fsp3) is 0.0714. The predicted molar refractivity (Wildman–Crippen MR) is 88.2 cm³/mol. The fourth-order valence-electron chi connectivity index (χ4n) is 2.15. The van der Waals surface area contributed by atoms with Gasteiger partial charge in [0, 0.05) is 0 Å². The summed E-state index contributed by atoms with van der Waals surface area (Å²) < 4.78 is 1.69. The largest absolute Gasteiger partial charge is 0.341 e. The molecule has 2 aromatic heterocycles. The van der Waals surface area contributed by atoms with Crippen molar-refractivity contribution in [1.82, 2.24) is 14.6 Å². The van der Waals surface area contributed by atoms with Crippen molar-refractivity contribution < 1.29 is 0 Å². The lowest BCUT2D eigenvalue weighted by atomic mass is 10.1. The van der Waals surface area contributed by atoms with Crippen molar-refractivity contribution in [2.75, 3.05) is 0 Å². The second kappa shape index (κ2) is 5.50. The molecule has 0 saturated heterocycles. The number of halogens is 2. The average molecular weight is 411 g/mol. The summed E-state index contributed by atoms with van der Waals surface area (Å²) in [5.74, 6) is 0.186. The highest BCUT2D eigenvalue weighted by Crippen LogP contribution is 2.27. The van der Waals surface area contributed by atoms with Crippen LogP contribution in [0.1, 0.15) is 11.4 Å². The Balaban J connectivity index is 2.47. The molecule has 21 heavy (non-hydrogen) atoms. The van der Waals surface area contributed by atoms with E-state index in [1.165, 1.54) is 4.52 Å². The number of benzene rings is 1. The summed E-state index contributed by atoms with van der Waals surface area (Å²) in [5.41, 5.74) is 2.46. The van der Waals surface area contributed by atoms with Crippen molar-refractivity contribution >= 4 is 39.8 Å². The third kappa shape index (κ3) is 2.22. The third-order valence-electron chi connectivity index (χ3n) is 3.10. The van der Waals surface area contributed by atoms with Gasteiger partial charge in [0.05, 0.1) is 17.1 Å². The van der Waals surface area contributed by atoms with E-state index in [1.54, 1.807) is 0 Å². The van der Waals surface area contributed by atoms with Crippen LogP contribution in [-0.2, 0) is 5.88 Å². The van der Waals surface area contributed by atoms with Crippen LogP contribution in [0.5, 0.6) is 0 Å². The normalized spacial score (nSPS) is 10.7. The monoisotopic (exact) mass is 410 g/mol. The second-order valence-corrected chi connectivity index (χ2v) is 5.66. The molecule has 0 saturated carbocycles. The zero-order valence-corrected chi connectivity index (χ0v) is 13.5. The third-order valence-corrected chi connectivity index (χ3v) is 4.48. The van der Waals surface area contributed by atoms with Crippen LogP contribution in [0.25, 0.3) is 16.8 Å². The highest BCUT2D eigenvalue weighted by molar-refractivity contribution is 14.1. The van der Waals surface area contributed by atoms with Crippen molar-refractivity contribution in [3.63, 3.8) is 0 Å². The van der Waals surface area contributed by atoms with Gasteiger partial charge in [-0.3, -0.25) is 4.79 Å². The minimum absolute atomic E-state index is 0.186. The molecule has 3 aromatic rings. The number of alkyl halides is 1. The molecule has 104 valence electrons. The predicted octanol–water partition coefficient (Wildman–Crippen LogP) is 2.90. The minimum Gasteiger partial charge on any atom is -0.341 e. The lowest BCUT2D eigenvalue weighted by molar-refractivity contribution is 0.871. The Labute approximate surface area is 138 Å². The zero-order valence-electron chi connectivity index (χ0n) is 10.6. The zero-order chi connectivity index (χ0) is 15.0. The van der Waals surface area contributed by atoms with Crippen LogP contribution in [-0.4, -0.2) is 14.6 Å². The molecule has 0 radical (unpaired) electrons. The molecule has 1 N–H and O–H groups in total. The first-order chi connectivity index (χ1) is 10.2. The Kier molecular flexibility index (Phi) is 3.69. The van der Waals surface area contributed by atoms with Crippen molar-refractivity contribution in [3.05, 3.63) is 55.6 Å². The van der Waals surface area contributed by atoms with Crippen LogP contribution in [0.3, 0.4) is 0 Å². The average Bonchev–Trinajstić information content (AvgIpc) is 2.90. The Bertz CT molecular complexity index is 924. The molecule has 7 heteroatoms. The Morgan fingerprint density at radius 3 is 2.71 bits per heavy atom. The Morgan fingerprint density at radius 2 is 2.10 bits per heavy atom. The number of aromatic amines is 1. The number of rotatable bonds is 2. The van der Waals surface area contributed by atoms with Gasteiger partial charge in [-0.1, -0.05) is 30.3 Å². The standard InChI is InChI=1S/C14H8ClIN4O/c15-6-9-12(16)14(21)20-13(18-9)11(10(7-17)19-20)8-4-2-1-3-5-8/h1-5,18H,6H2. The van der Waals surface area contributed by atoms with Crippen LogP contribution in [0.15, 0.2) is 35.1 Å². The van der Waals surface area contributed by atoms with Crippen LogP contribution < -0.4 is 5.56 Å². The van der Waals surface area contributed by atoms with Gasteiger partial charge in [-0.2, -0.15) is 14.9 Å². The first-order valence-electron chi connectivity index (χ1n) is 6.02. The van der Waals surface area contributed by atoms with E-state index in [9.17, 15) is 10.1 Å². The maximum absolute atomic E-state index is 12.3. The molecule has 0 aliphatic rings. The van der Waals surface area contributed by atoms with E-state index < -0.39 is 0 Å². The Morgan fingerprint density at radius 1 is 1.38 bits per heavy atom. The van der Waals surface area contributed by atoms with Crippen LogP contribution in [0.2, 0.25) is 0 Å². The molecule has 0 atom stereocenters. The van der Waals surface area contributed by atoms with E-state index in [1.807, 2.05) is 59.0 Å². The van der Waals surface area contributed by atoms with Gasteiger partial charge in [0.1, 0.15) is 15.3 Å². The number of hydrogen-bond acceptors (Lipinski definition) is 3. The minimum atomic E-state index is -0.279. The molecule has 0 fully saturated rings.